The van der Waals surface area contributed by atoms with E-state index in [9.17, 15) is 19.5 Å². The van der Waals surface area contributed by atoms with Crippen molar-refractivity contribution < 1.29 is 24.2 Å². The highest BCUT2D eigenvalue weighted by Crippen LogP contribution is 2.30. The van der Waals surface area contributed by atoms with Crippen molar-refractivity contribution in [3.63, 3.8) is 0 Å². The maximum absolute atomic E-state index is 12.5. The maximum Gasteiger partial charge on any atom is 0.333 e. The third-order valence-electron chi connectivity index (χ3n) is 3.56. The third-order valence-corrected chi connectivity index (χ3v) is 5.58. The Bertz CT molecular complexity index is 863. The number of ketones is 1. The topological polar surface area (TPSA) is 119 Å². The number of methoxy groups -OCH3 is 1. The van der Waals surface area contributed by atoms with E-state index in [0.29, 0.717) is 4.47 Å². The van der Waals surface area contributed by atoms with Gasteiger partial charge in [-0.05, 0) is 46.6 Å². The molecule has 1 atom stereocenters. The minimum absolute atomic E-state index is 0.105. The number of rotatable bonds is 6. The molecule has 0 aliphatic rings. The number of aromatic hydroxyl groups is 1. The molecule has 0 aliphatic carbocycles. The van der Waals surface area contributed by atoms with Crippen molar-refractivity contribution in [2.45, 2.75) is 19.0 Å². The van der Waals surface area contributed by atoms with E-state index in [2.05, 4.69) is 26.0 Å². The van der Waals surface area contributed by atoms with Crippen LogP contribution in [-0.4, -0.2) is 35.4 Å². The Morgan fingerprint density at radius 1 is 1.35 bits per heavy atom. The Morgan fingerprint density at radius 2 is 2.04 bits per heavy atom. The van der Waals surface area contributed by atoms with Gasteiger partial charge in [-0.25, -0.2) is 4.79 Å². The largest absolute Gasteiger partial charge is 0.508 e. The lowest BCUT2D eigenvalue weighted by atomic mass is 9.97. The number of halogens is 1. The summed E-state index contributed by atoms with van der Waals surface area (Å²) in [5.74, 6) is -1.80. The minimum atomic E-state index is -1.85. The predicted molar refractivity (Wildman–Crippen MR) is 100 cm³/mol. The smallest absolute Gasteiger partial charge is 0.333 e. The molecule has 0 radical (unpaired) electrons. The Kier molecular flexibility index (Phi) is 6.17. The number of amides is 1. The average molecular weight is 441 g/mol. The molecule has 0 bridgehead atoms. The summed E-state index contributed by atoms with van der Waals surface area (Å²) in [6.07, 6.45) is 0. The number of phenolic OH excluding ortho intramolecular Hbond substituents is 1. The summed E-state index contributed by atoms with van der Waals surface area (Å²) in [6.45, 7) is 1.47. The minimum Gasteiger partial charge on any atom is -0.508 e. The molecule has 0 spiro atoms. The SMILES string of the molecule is COC(=O)C(C)(N)C(=O)c1sc(C(=O)NCc2cccc(O)c2)cc1Br. The highest BCUT2D eigenvalue weighted by Gasteiger charge is 2.40. The number of esters is 1. The van der Waals surface area contributed by atoms with Crippen LogP contribution in [-0.2, 0) is 16.1 Å². The first kappa shape index (κ1) is 20.1. The van der Waals surface area contributed by atoms with Gasteiger partial charge in [0.15, 0.2) is 5.54 Å². The van der Waals surface area contributed by atoms with E-state index in [4.69, 9.17) is 5.73 Å². The van der Waals surface area contributed by atoms with Crippen LogP contribution in [0.15, 0.2) is 34.8 Å². The number of hydrogen-bond acceptors (Lipinski definition) is 7. The van der Waals surface area contributed by atoms with Crippen LogP contribution < -0.4 is 11.1 Å². The number of benzene rings is 1. The van der Waals surface area contributed by atoms with Crippen molar-refractivity contribution in [3.05, 3.63) is 50.1 Å². The summed E-state index contributed by atoms with van der Waals surface area (Å²) in [7, 11) is 1.14. The van der Waals surface area contributed by atoms with Crippen molar-refractivity contribution in [1.82, 2.24) is 5.32 Å². The van der Waals surface area contributed by atoms with Crippen molar-refractivity contribution in [2.75, 3.05) is 7.11 Å². The van der Waals surface area contributed by atoms with Crippen molar-refractivity contribution in [2.24, 2.45) is 5.73 Å². The number of hydrogen-bond donors (Lipinski definition) is 3. The molecule has 9 heteroatoms. The Hall–Kier alpha value is -2.23. The summed E-state index contributed by atoms with van der Waals surface area (Å²) in [4.78, 5) is 37.0. The molecule has 0 saturated heterocycles. The van der Waals surface area contributed by atoms with E-state index >= 15 is 0 Å². The fraction of sp³-hybridized carbons (Fsp3) is 0.235. The Labute approximate surface area is 162 Å². The molecule has 1 heterocycles. The second kappa shape index (κ2) is 7.98. The lowest BCUT2D eigenvalue weighted by Gasteiger charge is -2.19. The molecule has 1 amide bonds. The molecular weight excluding hydrogens is 424 g/mol. The van der Waals surface area contributed by atoms with Crippen LogP contribution in [0.1, 0.15) is 31.8 Å². The van der Waals surface area contributed by atoms with Crippen molar-refractivity contribution in [1.29, 1.82) is 0 Å². The van der Waals surface area contributed by atoms with E-state index < -0.39 is 23.2 Å². The van der Waals surface area contributed by atoms with Gasteiger partial charge < -0.3 is 20.9 Å². The summed E-state index contributed by atoms with van der Waals surface area (Å²) >= 11 is 4.15. The van der Waals surface area contributed by atoms with Crippen LogP contribution in [0.3, 0.4) is 0 Å². The molecule has 2 rings (SSSR count). The van der Waals surface area contributed by atoms with Crippen LogP contribution >= 0.6 is 27.3 Å². The van der Waals surface area contributed by atoms with E-state index in [0.717, 1.165) is 24.0 Å². The zero-order valence-electron chi connectivity index (χ0n) is 14.0. The van der Waals surface area contributed by atoms with Gasteiger partial charge in [0.05, 0.1) is 16.9 Å². The van der Waals surface area contributed by atoms with Gasteiger partial charge in [-0.1, -0.05) is 12.1 Å². The molecule has 2 aromatic rings. The Morgan fingerprint density at radius 3 is 2.65 bits per heavy atom. The number of ether oxygens (including phenoxy) is 1. The van der Waals surface area contributed by atoms with Crippen LogP contribution in [0, 0.1) is 0 Å². The van der Waals surface area contributed by atoms with Gasteiger partial charge >= 0.3 is 5.97 Å². The van der Waals surface area contributed by atoms with Crippen molar-refractivity contribution >= 4 is 44.9 Å². The number of carbonyl (C=O) groups is 3. The van der Waals surface area contributed by atoms with Crippen molar-refractivity contribution in [3.8, 4) is 5.75 Å². The predicted octanol–water partition coefficient (Wildman–Crippen LogP) is 2.22. The quantitative estimate of drug-likeness (QED) is 0.360. The number of thiophene rings is 1. The number of nitrogens with two attached hydrogens (primary N) is 1. The molecule has 0 aliphatic heterocycles. The van der Waals surface area contributed by atoms with Gasteiger partial charge in [0, 0.05) is 11.0 Å². The Balaban J connectivity index is 2.15. The standard InChI is InChI=1S/C17H17BrN2O5S/c1-17(19,16(24)25-2)14(22)13-11(18)7-12(26-13)15(23)20-8-9-4-3-5-10(21)6-9/h3-7,21H,8,19H2,1-2H3,(H,20,23). The van der Waals surface area contributed by atoms with Gasteiger partial charge in [0.25, 0.3) is 5.91 Å². The fourth-order valence-corrected chi connectivity index (χ4v) is 3.94. The maximum atomic E-state index is 12.5. The first-order valence-corrected chi connectivity index (χ1v) is 9.05. The molecule has 1 aromatic heterocycles. The van der Waals surface area contributed by atoms with Gasteiger partial charge in [-0.15, -0.1) is 11.3 Å². The highest BCUT2D eigenvalue weighted by molar-refractivity contribution is 9.10. The molecular formula is C17H17BrN2O5S. The summed E-state index contributed by atoms with van der Waals surface area (Å²) in [5, 5.41) is 12.1. The van der Waals surface area contributed by atoms with E-state index in [1.54, 1.807) is 12.1 Å². The number of nitrogens with one attached hydrogen (secondary N) is 1. The molecule has 26 heavy (non-hydrogen) atoms. The van der Waals surface area contributed by atoms with Gasteiger partial charge in [0.1, 0.15) is 5.75 Å². The normalized spacial score (nSPS) is 12.9. The molecule has 4 N–H and O–H groups in total. The molecule has 0 fully saturated rings. The summed E-state index contributed by atoms with van der Waals surface area (Å²) in [5.41, 5.74) is 4.66. The number of phenols is 1. The average Bonchev–Trinajstić information content (AvgIpc) is 2.99. The lowest BCUT2D eigenvalue weighted by molar-refractivity contribution is -0.144. The van der Waals surface area contributed by atoms with E-state index in [-0.39, 0.29) is 22.0 Å². The lowest BCUT2D eigenvalue weighted by Crippen LogP contribution is -2.52. The fourth-order valence-electron chi connectivity index (χ4n) is 2.11. The molecule has 1 unspecified atom stereocenters. The molecule has 7 nitrogen and oxygen atoms in total. The summed E-state index contributed by atoms with van der Waals surface area (Å²) < 4.78 is 4.92. The third kappa shape index (κ3) is 4.29. The van der Waals surface area contributed by atoms with Crippen LogP contribution in [0.5, 0.6) is 5.75 Å². The molecule has 1 aromatic carbocycles. The van der Waals surface area contributed by atoms with Crippen LogP contribution in [0.4, 0.5) is 0 Å². The monoisotopic (exact) mass is 440 g/mol. The molecule has 138 valence electrons. The zero-order valence-corrected chi connectivity index (χ0v) is 16.4. The van der Waals surface area contributed by atoms with Gasteiger partial charge in [0.2, 0.25) is 5.78 Å². The number of carbonyl (C=O) groups excluding carboxylic acids is 3. The van der Waals surface area contributed by atoms with Gasteiger partial charge in [-0.3, -0.25) is 9.59 Å². The molecule has 0 saturated carbocycles. The second-order valence-corrected chi connectivity index (χ2v) is 7.57. The van der Waals surface area contributed by atoms with E-state index in [1.165, 1.54) is 25.1 Å². The zero-order chi connectivity index (χ0) is 19.5. The van der Waals surface area contributed by atoms with Crippen LogP contribution in [0.25, 0.3) is 0 Å². The first-order chi connectivity index (χ1) is 12.2. The number of Topliss-reactive ketones (excluding diaryl/α,β-unsaturated/α-hetero) is 1. The first-order valence-electron chi connectivity index (χ1n) is 7.44. The van der Waals surface area contributed by atoms with Crippen LogP contribution in [0.2, 0.25) is 0 Å². The highest BCUT2D eigenvalue weighted by atomic mass is 79.9. The van der Waals surface area contributed by atoms with E-state index in [1.807, 2.05) is 0 Å². The second-order valence-electron chi connectivity index (χ2n) is 5.66. The van der Waals surface area contributed by atoms with Gasteiger partial charge in [-0.2, -0.15) is 0 Å². The summed E-state index contributed by atoms with van der Waals surface area (Å²) in [6, 6.07) is 7.99.